The number of rotatable bonds is 4. The Balaban J connectivity index is 2.28. The van der Waals surface area contributed by atoms with E-state index >= 15 is 0 Å². The lowest BCUT2D eigenvalue weighted by Gasteiger charge is -2.09. The first kappa shape index (κ1) is 17.7. The van der Waals surface area contributed by atoms with Crippen LogP contribution in [0.2, 0.25) is 0 Å². The SMILES string of the molecule is COc1cc2c(CC(=O)O)c(C)n(C(=O)c3ccc(C)cc3)c2cc1C. The van der Waals surface area contributed by atoms with Gasteiger partial charge in [0.1, 0.15) is 5.75 Å². The van der Waals surface area contributed by atoms with Crippen LogP contribution in [0, 0.1) is 20.8 Å². The van der Waals surface area contributed by atoms with Gasteiger partial charge in [-0.25, -0.2) is 0 Å². The van der Waals surface area contributed by atoms with E-state index in [1.165, 1.54) is 0 Å². The number of fused-ring (bicyclic) bond motifs is 1. The predicted octanol–water partition coefficient (Wildman–Crippen LogP) is 3.89. The highest BCUT2D eigenvalue weighted by molar-refractivity contribution is 6.05. The van der Waals surface area contributed by atoms with Gasteiger partial charge >= 0.3 is 5.97 Å². The van der Waals surface area contributed by atoms with Gasteiger partial charge in [0.15, 0.2) is 0 Å². The Hall–Kier alpha value is -3.08. The van der Waals surface area contributed by atoms with Gasteiger partial charge in [-0.15, -0.1) is 0 Å². The second-order valence-corrected chi connectivity index (χ2v) is 6.48. The van der Waals surface area contributed by atoms with E-state index in [9.17, 15) is 14.7 Å². The molecule has 0 saturated carbocycles. The summed E-state index contributed by atoms with van der Waals surface area (Å²) in [5, 5.41) is 10.0. The molecule has 0 unspecified atom stereocenters. The Kier molecular flexibility index (Phi) is 4.55. The van der Waals surface area contributed by atoms with Crippen molar-refractivity contribution < 1.29 is 19.4 Å². The van der Waals surface area contributed by atoms with Crippen LogP contribution in [-0.4, -0.2) is 28.7 Å². The highest BCUT2D eigenvalue weighted by Gasteiger charge is 2.22. The molecule has 0 aliphatic rings. The summed E-state index contributed by atoms with van der Waals surface area (Å²) < 4.78 is 6.98. The Bertz CT molecular complexity index is 1010. The van der Waals surface area contributed by atoms with Crippen LogP contribution in [0.3, 0.4) is 0 Å². The summed E-state index contributed by atoms with van der Waals surface area (Å²) in [5.41, 5.74) is 4.49. The third-order valence-electron chi connectivity index (χ3n) is 4.68. The number of carbonyl (C=O) groups is 2. The van der Waals surface area contributed by atoms with Gasteiger partial charge in [-0.3, -0.25) is 14.2 Å². The highest BCUT2D eigenvalue weighted by atomic mass is 16.5. The molecule has 0 spiro atoms. The van der Waals surface area contributed by atoms with Crippen LogP contribution in [0.4, 0.5) is 0 Å². The molecule has 5 nitrogen and oxygen atoms in total. The molecule has 26 heavy (non-hydrogen) atoms. The highest BCUT2D eigenvalue weighted by Crippen LogP contribution is 2.33. The van der Waals surface area contributed by atoms with Crippen molar-refractivity contribution in [2.75, 3.05) is 7.11 Å². The van der Waals surface area contributed by atoms with Crippen LogP contribution >= 0.6 is 0 Å². The molecule has 0 saturated heterocycles. The monoisotopic (exact) mass is 351 g/mol. The maximum absolute atomic E-state index is 13.1. The number of carboxylic acid groups (broad SMARTS) is 1. The first-order valence-corrected chi connectivity index (χ1v) is 8.35. The van der Waals surface area contributed by atoms with Crippen molar-refractivity contribution in [3.8, 4) is 5.75 Å². The molecule has 0 amide bonds. The van der Waals surface area contributed by atoms with E-state index < -0.39 is 5.97 Å². The van der Waals surface area contributed by atoms with Gasteiger partial charge in [-0.2, -0.15) is 0 Å². The van der Waals surface area contributed by atoms with Crippen molar-refractivity contribution in [2.24, 2.45) is 0 Å². The fourth-order valence-corrected chi connectivity index (χ4v) is 3.29. The van der Waals surface area contributed by atoms with E-state index in [2.05, 4.69) is 0 Å². The fourth-order valence-electron chi connectivity index (χ4n) is 3.29. The normalized spacial score (nSPS) is 10.9. The third kappa shape index (κ3) is 2.96. The Morgan fingerprint density at radius 1 is 1.08 bits per heavy atom. The molecule has 1 aromatic heterocycles. The van der Waals surface area contributed by atoms with Crippen LogP contribution < -0.4 is 4.74 Å². The van der Waals surface area contributed by atoms with Gasteiger partial charge in [0, 0.05) is 16.6 Å². The molecule has 2 aromatic carbocycles. The smallest absolute Gasteiger partial charge is 0.307 e. The van der Waals surface area contributed by atoms with Crippen molar-refractivity contribution in [1.82, 2.24) is 4.57 Å². The second-order valence-electron chi connectivity index (χ2n) is 6.48. The number of hydrogen-bond acceptors (Lipinski definition) is 3. The zero-order valence-corrected chi connectivity index (χ0v) is 15.3. The molecular weight excluding hydrogens is 330 g/mol. The van der Waals surface area contributed by atoms with Gasteiger partial charge in [0.2, 0.25) is 0 Å². The van der Waals surface area contributed by atoms with E-state index in [-0.39, 0.29) is 12.3 Å². The summed E-state index contributed by atoms with van der Waals surface area (Å²) in [6.07, 6.45) is -0.150. The second kappa shape index (κ2) is 6.67. The third-order valence-corrected chi connectivity index (χ3v) is 4.68. The van der Waals surface area contributed by atoms with Gasteiger partial charge in [-0.05, 0) is 56.2 Å². The number of carbonyl (C=O) groups excluding carboxylic acids is 1. The number of benzene rings is 2. The molecular formula is C21H21NO4. The maximum atomic E-state index is 13.1. The van der Waals surface area contributed by atoms with Crippen molar-refractivity contribution in [3.63, 3.8) is 0 Å². The standard InChI is InChI=1S/C21H21NO4/c1-12-5-7-15(8-6-12)21(25)22-14(3)16(11-20(23)24)17-10-19(26-4)13(2)9-18(17)22/h5-10H,11H2,1-4H3,(H,23,24). The minimum atomic E-state index is -0.936. The summed E-state index contributed by atoms with van der Waals surface area (Å²) in [5.74, 6) is -0.438. The van der Waals surface area contributed by atoms with E-state index in [0.717, 1.165) is 16.5 Å². The van der Waals surface area contributed by atoms with Gasteiger partial charge in [-0.1, -0.05) is 17.7 Å². The van der Waals surface area contributed by atoms with Crippen molar-refractivity contribution in [1.29, 1.82) is 0 Å². The molecule has 0 atom stereocenters. The Morgan fingerprint density at radius 3 is 2.31 bits per heavy atom. The van der Waals surface area contributed by atoms with E-state index in [1.54, 1.807) is 30.7 Å². The topological polar surface area (TPSA) is 68.5 Å². The molecule has 1 heterocycles. The van der Waals surface area contributed by atoms with Crippen molar-refractivity contribution in [3.05, 3.63) is 64.3 Å². The Morgan fingerprint density at radius 2 is 1.73 bits per heavy atom. The largest absolute Gasteiger partial charge is 0.496 e. The minimum absolute atomic E-state index is 0.150. The number of aliphatic carboxylic acids is 1. The number of carboxylic acids is 1. The quantitative estimate of drug-likeness (QED) is 0.774. The zero-order valence-electron chi connectivity index (χ0n) is 15.3. The van der Waals surface area contributed by atoms with Crippen molar-refractivity contribution >= 4 is 22.8 Å². The van der Waals surface area contributed by atoms with E-state index in [0.29, 0.717) is 28.1 Å². The molecule has 0 aliphatic heterocycles. The maximum Gasteiger partial charge on any atom is 0.307 e. The molecule has 0 radical (unpaired) electrons. The number of nitrogens with zero attached hydrogens (tertiary/aromatic N) is 1. The average Bonchev–Trinajstić information content (AvgIpc) is 2.85. The van der Waals surface area contributed by atoms with Gasteiger partial charge < -0.3 is 9.84 Å². The molecule has 0 fully saturated rings. The van der Waals surface area contributed by atoms with Crippen LogP contribution in [-0.2, 0) is 11.2 Å². The van der Waals surface area contributed by atoms with Crippen LogP contribution in [0.1, 0.15) is 32.7 Å². The summed E-state index contributed by atoms with van der Waals surface area (Å²) in [6.45, 7) is 5.65. The van der Waals surface area contributed by atoms with Gasteiger partial charge in [0.05, 0.1) is 19.0 Å². The predicted molar refractivity (Wildman–Crippen MR) is 100 cm³/mol. The number of aromatic nitrogens is 1. The van der Waals surface area contributed by atoms with E-state index in [4.69, 9.17) is 4.74 Å². The number of ether oxygens (including phenoxy) is 1. The molecule has 3 aromatic rings. The first-order valence-electron chi connectivity index (χ1n) is 8.35. The fraction of sp³-hybridized carbons (Fsp3) is 0.238. The molecule has 3 rings (SSSR count). The zero-order chi connectivity index (χ0) is 19.0. The van der Waals surface area contributed by atoms with Crippen LogP contribution in [0.15, 0.2) is 36.4 Å². The van der Waals surface area contributed by atoms with E-state index in [1.807, 2.05) is 38.1 Å². The van der Waals surface area contributed by atoms with Gasteiger partial charge in [0.25, 0.3) is 5.91 Å². The molecule has 0 aliphatic carbocycles. The molecule has 5 heteroatoms. The number of aryl methyl sites for hydroxylation is 2. The summed E-state index contributed by atoms with van der Waals surface area (Å²) in [6, 6.07) is 11.0. The summed E-state index contributed by atoms with van der Waals surface area (Å²) in [7, 11) is 1.58. The van der Waals surface area contributed by atoms with Crippen LogP contribution in [0.5, 0.6) is 5.75 Å². The molecule has 0 bridgehead atoms. The van der Waals surface area contributed by atoms with Crippen molar-refractivity contribution in [2.45, 2.75) is 27.2 Å². The van der Waals surface area contributed by atoms with Crippen LogP contribution in [0.25, 0.3) is 10.9 Å². The lowest BCUT2D eigenvalue weighted by molar-refractivity contribution is -0.136. The molecule has 1 N–H and O–H groups in total. The lowest BCUT2D eigenvalue weighted by atomic mass is 10.1. The first-order chi connectivity index (χ1) is 12.3. The number of hydrogen-bond donors (Lipinski definition) is 1. The Labute approximate surface area is 151 Å². The molecule has 134 valence electrons. The number of methoxy groups -OCH3 is 1. The minimum Gasteiger partial charge on any atom is -0.496 e. The summed E-state index contributed by atoms with van der Waals surface area (Å²) in [4.78, 5) is 24.5. The average molecular weight is 351 g/mol. The summed E-state index contributed by atoms with van der Waals surface area (Å²) >= 11 is 0. The lowest BCUT2D eigenvalue weighted by Crippen LogP contribution is -2.14.